The Labute approximate surface area is 119 Å². The van der Waals surface area contributed by atoms with Crippen LogP contribution < -0.4 is 0 Å². The van der Waals surface area contributed by atoms with E-state index < -0.39 is 0 Å². The Balaban J connectivity index is 1.98. The van der Waals surface area contributed by atoms with Crippen molar-refractivity contribution >= 4 is 17.5 Å². The van der Waals surface area contributed by atoms with E-state index in [0.717, 1.165) is 17.5 Å². The molecule has 2 aromatic rings. The molecule has 0 aliphatic rings. The van der Waals surface area contributed by atoms with Crippen LogP contribution in [0.4, 0.5) is 0 Å². The summed E-state index contributed by atoms with van der Waals surface area (Å²) in [6.07, 6.45) is 3.45. The Kier molecular flexibility index (Phi) is 4.80. The Hall–Kier alpha value is -1.54. The first kappa shape index (κ1) is 13.9. The topological polar surface area (TPSA) is 17.1 Å². The second-order valence-electron chi connectivity index (χ2n) is 4.59. The molecule has 0 aromatic heterocycles. The summed E-state index contributed by atoms with van der Waals surface area (Å²) in [6.45, 7) is 1.99. The summed E-state index contributed by atoms with van der Waals surface area (Å²) in [6, 6.07) is 16.2. The number of aryl methyl sites for hydroxylation is 2. The lowest BCUT2D eigenvalue weighted by Crippen LogP contribution is -2.03. The molecular weight excluding hydrogens is 252 g/mol. The smallest absolute Gasteiger partial charge is 0.163 e. The van der Waals surface area contributed by atoms with Gasteiger partial charge >= 0.3 is 0 Å². The lowest BCUT2D eigenvalue weighted by molar-refractivity contribution is 0.0982. The number of rotatable bonds is 5. The van der Waals surface area contributed by atoms with Crippen LogP contribution in [0.5, 0.6) is 0 Å². The van der Waals surface area contributed by atoms with Crippen LogP contribution in [0.15, 0.2) is 53.4 Å². The van der Waals surface area contributed by atoms with Crippen LogP contribution in [0.2, 0.25) is 0 Å². The second kappa shape index (κ2) is 6.58. The number of hydrogen-bond acceptors (Lipinski definition) is 2. The van der Waals surface area contributed by atoms with E-state index in [2.05, 4.69) is 30.5 Å². The van der Waals surface area contributed by atoms with Gasteiger partial charge in [-0.3, -0.25) is 4.79 Å². The minimum Gasteiger partial charge on any atom is -0.294 e. The molecule has 0 unspecified atom stereocenters. The van der Waals surface area contributed by atoms with Crippen LogP contribution in [0.3, 0.4) is 0 Å². The van der Waals surface area contributed by atoms with E-state index in [-0.39, 0.29) is 5.78 Å². The van der Waals surface area contributed by atoms with Gasteiger partial charge in [0, 0.05) is 16.9 Å². The summed E-state index contributed by atoms with van der Waals surface area (Å²) in [5, 5.41) is 0. The number of hydrogen-bond donors (Lipinski definition) is 0. The molecule has 2 aromatic carbocycles. The third kappa shape index (κ3) is 3.71. The SMILES string of the molecule is CSc1ccc(CCC(=O)c2ccccc2C)cc1. The highest BCUT2D eigenvalue weighted by Gasteiger charge is 2.08. The number of carbonyl (C=O) groups excluding carboxylic acids is 1. The van der Waals surface area contributed by atoms with Gasteiger partial charge in [0.2, 0.25) is 0 Å². The zero-order chi connectivity index (χ0) is 13.7. The maximum Gasteiger partial charge on any atom is 0.163 e. The van der Waals surface area contributed by atoms with Crippen LogP contribution in [0.1, 0.15) is 27.9 Å². The van der Waals surface area contributed by atoms with E-state index in [0.29, 0.717) is 6.42 Å². The zero-order valence-electron chi connectivity index (χ0n) is 11.3. The molecule has 2 rings (SSSR count). The van der Waals surface area contributed by atoms with Crippen LogP contribution in [0.25, 0.3) is 0 Å². The van der Waals surface area contributed by atoms with Gasteiger partial charge in [-0.25, -0.2) is 0 Å². The fourth-order valence-corrected chi connectivity index (χ4v) is 2.48. The monoisotopic (exact) mass is 270 g/mol. The summed E-state index contributed by atoms with van der Waals surface area (Å²) in [5.41, 5.74) is 3.13. The van der Waals surface area contributed by atoms with Gasteiger partial charge in [-0.2, -0.15) is 0 Å². The summed E-state index contributed by atoms with van der Waals surface area (Å²) < 4.78 is 0. The fourth-order valence-electron chi connectivity index (χ4n) is 2.07. The molecule has 0 bridgehead atoms. The molecule has 19 heavy (non-hydrogen) atoms. The number of ketones is 1. The van der Waals surface area contributed by atoms with Crippen molar-refractivity contribution in [2.45, 2.75) is 24.7 Å². The molecule has 0 fully saturated rings. The molecule has 0 radical (unpaired) electrons. The standard InChI is InChI=1S/C17H18OS/c1-13-5-3-4-6-16(13)17(18)12-9-14-7-10-15(19-2)11-8-14/h3-8,10-11H,9,12H2,1-2H3. The molecule has 0 atom stereocenters. The van der Waals surface area contributed by atoms with Gasteiger partial charge in [0.05, 0.1) is 0 Å². The number of Topliss-reactive ketones (excluding diaryl/α,β-unsaturated/α-hetero) is 1. The molecule has 0 aliphatic carbocycles. The van der Waals surface area contributed by atoms with Gasteiger partial charge in [-0.1, -0.05) is 36.4 Å². The molecule has 0 saturated heterocycles. The Morgan fingerprint density at radius 2 is 1.74 bits per heavy atom. The summed E-state index contributed by atoms with van der Waals surface area (Å²) in [5.74, 6) is 0.229. The van der Waals surface area contributed by atoms with Crippen molar-refractivity contribution in [1.29, 1.82) is 0 Å². The van der Waals surface area contributed by atoms with Crippen molar-refractivity contribution in [3.8, 4) is 0 Å². The molecule has 1 nitrogen and oxygen atoms in total. The predicted octanol–water partition coefficient (Wildman–Crippen LogP) is 4.53. The van der Waals surface area contributed by atoms with E-state index >= 15 is 0 Å². The molecule has 2 heteroatoms. The average Bonchev–Trinajstić information content (AvgIpc) is 2.46. The third-order valence-electron chi connectivity index (χ3n) is 3.25. The van der Waals surface area contributed by atoms with Gasteiger partial charge in [0.15, 0.2) is 5.78 Å². The van der Waals surface area contributed by atoms with Gasteiger partial charge in [-0.05, 0) is 42.9 Å². The van der Waals surface area contributed by atoms with E-state index in [1.807, 2.05) is 31.2 Å². The first-order chi connectivity index (χ1) is 9.20. The van der Waals surface area contributed by atoms with E-state index in [4.69, 9.17) is 0 Å². The quantitative estimate of drug-likeness (QED) is 0.586. The van der Waals surface area contributed by atoms with Crippen LogP contribution in [-0.2, 0) is 6.42 Å². The maximum absolute atomic E-state index is 12.2. The van der Waals surface area contributed by atoms with Crippen molar-refractivity contribution in [3.05, 3.63) is 65.2 Å². The Morgan fingerprint density at radius 1 is 1.05 bits per heavy atom. The lowest BCUT2D eigenvalue weighted by Gasteiger charge is -2.05. The Morgan fingerprint density at radius 3 is 2.37 bits per heavy atom. The minimum atomic E-state index is 0.229. The van der Waals surface area contributed by atoms with Crippen molar-refractivity contribution in [2.75, 3.05) is 6.26 Å². The van der Waals surface area contributed by atoms with Gasteiger partial charge in [-0.15, -0.1) is 11.8 Å². The molecule has 0 aliphatic heterocycles. The largest absolute Gasteiger partial charge is 0.294 e. The molecule has 0 saturated carbocycles. The molecule has 0 spiro atoms. The molecule has 0 amide bonds. The third-order valence-corrected chi connectivity index (χ3v) is 3.99. The van der Waals surface area contributed by atoms with Crippen molar-refractivity contribution in [3.63, 3.8) is 0 Å². The zero-order valence-corrected chi connectivity index (χ0v) is 12.2. The summed E-state index contributed by atoms with van der Waals surface area (Å²) >= 11 is 1.73. The molecule has 0 N–H and O–H groups in total. The van der Waals surface area contributed by atoms with Crippen LogP contribution in [0, 0.1) is 6.92 Å². The van der Waals surface area contributed by atoms with E-state index in [9.17, 15) is 4.79 Å². The lowest BCUT2D eigenvalue weighted by atomic mass is 9.99. The summed E-state index contributed by atoms with van der Waals surface area (Å²) in [4.78, 5) is 13.4. The predicted molar refractivity (Wildman–Crippen MR) is 82.1 cm³/mol. The molecule has 98 valence electrons. The Bertz CT molecular complexity index is 558. The number of thioether (sulfide) groups is 1. The number of carbonyl (C=O) groups is 1. The summed E-state index contributed by atoms with van der Waals surface area (Å²) in [7, 11) is 0. The second-order valence-corrected chi connectivity index (χ2v) is 5.47. The van der Waals surface area contributed by atoms with E-state index in [1.54, 1.807) is 11.8 Å². The number of benzene rings is 2. The van der Waals surface area contributed by atoms with Crippen molar-refractivity contribution in [2.24, 2.45) is 0 Å². The normalized spacial score (nSPS) is 10.4. The first-order valence-electron chi connectivity index (χ1n) is 6.42. The molecular formula is C17H18OS. The highest BCUT2D eigenvalue weighted by molar-refractivity contribution is 7.98. The van der Waals surface area contributed by atoms with Crippen LogP contribution >= 0.6 is 11.8 Å². The van der Waals surface area contributed by atoms with Gasteiger partial charge < -0.3 is 0 Å². The van der Waals surface area contributed by atoms with Gasteiger partial charge in [0.1, 0.15) is 0 Å². The van der Waals surface area contributed by atoms with Gasteiger partial charge in [0.25, 0.3) is 0 Å². The van der Waals surface area contributed by atoms with Crippen molar-refractivity contribution in [1.82, 2.24) is 0 Å². The fraction of sp³-hybridized carbons (Fsp3) is 0.235. The average molecular weight is 270 g/mol. The van der Waals surface area contributed by atoms with Crippen LogP contribution in [-0.4, -0.2) is 12.0 Å². The highest BCUT2D eigenvalue weighted by atomic mass is 32.2. The highest BCUT2D eigenvalue weighted by Crippen LogP contribution is 2.17. The first-order valence-corrected chi connectivity index (χ1v) is 7.65. The van der Waals surface area contributed by atoms with Crippen molar-refractivity contribution < 1.29 is 4.79 Å². The molecule has 0 heterocycles. The minimum absolute atomic E-state index is 0.229. The maximum atomic E-state index is 12.2. The van der Waals surface area contributed by atoms with E-state index in [1.165, 1.54) is 10.5 Å².